The number of aromatic nitrogens is 1. The van der Waals surface area contributed by atoms with Crippen LogP contribution in [0.2, 0.25) is 0 Å². The minimum atomic E-state index is -0.712. The highest BCUT2D eigenvalue weighted by atomic mass is 35.5. The number of carbonyl (C=O) groups is 1. The fourth-order valence-corrected chi connectivity index (χ4v) is 3.42. The van der Waals surface area contributed by atoms with Crippen molar-refractivity contribution in [2.24, 2.45) is 5.73 Å². The monoisotopic (exact) mass is 311 g/mol. The molecule has 1 heterocycles. The summed E-state index contributed by atoms with van der Waals surface area (Å²) in [5, 5.41) is 3.53. The Morgan fingerprint density at radius 3 is 2.65 bits per heavy atom. The Morgan fingerprint density at radius 2 is 1.95 bits per heavy atom. The Morgan fingerprint density at radius 1 is 1.25 bits per heavy atom. The topological polar surface area (TPSA) is 68.0 Å². The number of halogens is 1. The van der Waals surface area contributed by atoms with Crippen molar-refractivity contribution in [1.29, 1.82) is 0 Å². The summed E-state index contributed by atoms with van der Waals surface area (Å²) >= 11 is 1.49. The van der Waals surface area contributed by atoms with E-state index in [1.165, 1.54) is 17.8 Å². The molecule has 0 bridgehead atoms. The molecule has 6 heteroatoms. The predicted molar refractivity (Wildman–Crippen MR) is 85.5 cm³/mol. The summed E-state index contributed by atoms with van der Waals surface area (Å²) in [6, 6.07) is 7.86. The number of hydrogen-bond donors (Lipinski definition) is 2. The maximum Gasteiger partial charge on any atom is 0.246 e. The molecule has 1 fully saturated rings. The van der Waals surface area contributed by atoms with Gasteiger partial charge in [0.15, 0.2) is 5.13 Å². The van der Waals surface area contributed by atoms with Crippen LogP contribution in [0.15, 0.2) is 24.3 Å². The number of fused-ring (bicyclic) bond motifs is 1. The molecular weight excluding hydrogens is 294 g/mol. The highest BCUT2D eigenvalue weighted by Crippen LogP contribution is 2.29. The molecule has 3 rings (SSSR count). The Labute approximate surface area is 128 Å². The smallest absolute Gasteiger partial charge is 0.246 e. The van der Waals surface area contributed by atoms with E-state index in [9.17, 15) is 4.79 Å². The number of nitrogens with two attached hydrogens (primary N) is 1. The van der Waals surface area contributed by atoms with E-state index >= 15 is 0 Å². The number of nitrogens with zero attached hydrogens (tertiary/aromatic N) is 1. The molecule has 1 saturated carbocycles. The standard InChI is InChI=1S/C14H17N3OS.ClH/c15-14(8-4-1-5-9-14)12(18)17-13-16-10-6-2-3-7-11(10)19-13;/h2-3,6-7H,1,4-5,8-9,15H2,(H,16,17,18);1H. The lowest BCUT2D eigenvalue weighted by Crippen LogP contribution is -2.52. The van der Waals surface area contributed by atoms with Gasteiger partial charge in [0, 0.05) is 0 Å². The maximum absolute atomic E-state index is 12.3. The van der Waals surface area contributed by atoms with Gasteiger partial charge < -0.3 is 11.1 Å². The second kappa shape index (κ2) is 6.08. The van der Waals surface area contributed by atoms with Crippen LogP contribution in [0, 0.1) is 0 Å². The second-order valence-electron chi connectivity index (χ2n) is 5.16. The van der Waals surface area contributed by atoms with Gasteiger partial charge >= 0.3 is 0 Å². The van der Waals surface area contributed by atoms with Gasteiger partial charge in [0.25, 0.3) is 0 Å². The van der Waals surface area contributed by atoms with Gasteiger partial charge in [0.2, 0.25) is 5.91 Å². The third-order valence-corrected chi connectivity index (χ3v) is 4.66. The number of hydrogen-bond acceptors (Lipinski definition) is 4. The Balaban J connectivity index is 0.00000147. The first kappa shape index (κ1) is 15.2. The number of nitrogens with one attached hydrogen (secondary N) is 1. The minimum absolute atomic E-state index is 0. The van der Waals surface area contributed by atoms with E-state index < -0.39 is 5.54 Å². The number of rotatable bonds is 2. The highest BCUT2D eigenvalue weighted by Gasteiger charge is 2.35. The van der Waals surface area contributed by atoms with Crippen LogP contribution in [-0.4, -0.2) is 16.4 Å². The predicted octanol–water partition coefficient (Wildman–Crippen LogP) is 3.32. The number of amides is 1. The molecule has 2 aromatic rings. The largest absolute Gasteiger partial charge is 0.317 e. The molecule has 0 radical (unpaired) electrons. The summed E-state index contributed by atoms with van der Waals surface area (Å²) in [6.45, 7) is 0. The van der Waals surface area contributed by atoms with E-state index in [4.69, 9.17) is 5.73 Å². The number of thiazole rings is 1. The fraction of sp³-hybridized carbons (Fsp3) is 0.429. The Hall–Kier alpha value is -1.17. The van der Waals surface area contributed by atoms with E-state index in [0.717, 1.165) is 35.9 Å². The van der Waals surface area contributed by atoms with E-state index in [1.807, 2.05) is 24.3 Å². The lowest BCUT2D eigenvalue weighted by atomic mass is 9.82. The summed E-state index contributed by atoms with van der Waals surface area (Å²) in [6.07, 6.45) is 4.77. The number of anilines is 1. The van der Waals surface area contributed by atoms with Crippen LogP contribution >= 0.6 is 23.7 Å². The maximum atomic E-state index is 12.3. The zero-order valence-corrected chi connectivity index (χ0v) is 12.7. The SMILES string of the molecule is Cl.NC1(C(=O)Nc2nc3ccccc3s2)CCCCC1. The van der Waals surface area contributed by atoms with Crippen molar-refractivity contribution >= 4 is 45.0 Å². The Bertz CT molecular complexity index is 574. The van der Waals surface area contributed by atoms with Crippen LogP contribution in [0.5, 0.6) is 0 Å². The zero-order chi connectivity index (χ0) is 13.3. The first-order valence-electron chi connectivity index (χ1n) is 6.63. The van der Waals surface area contributed by atoms with Crippen LogP contribution in [0.1, 0.15) is 32.1 Å². The van der Waals surface area contributed by atoms with Gasteiger partial charge in [-0.1, -0.05) is 42.7 Å². The molecule has 3 N–H and O–H groups in total. The Kier molecular flexibility index (Phi) is 4.62. The quantitative estimate of drug-likeness (QED) is 0.894. The third-order valence-electron chi connectivity index (χ3n) is 3.71. The summed E-state index contributed by atoms with van der Waals surface area (Å²) in [5.41, 5.74) is 6.41. The van der Waals surface area contributed by atoms with E-state index in [1.54, 1.807) is 0 Å². The van der Waals surface area contributed by atoms with Crippen molar-refractivity contribution in [1.82, 2.24) is 4.98 Å². The van der Waals surface area contributed by atoms with Crippen molar-refractivity contribution in [3.8, 4) is 0 Å². The van der Waals surface area contributed by atoms with Crippen molar-refractivity contribution in [2.75, 3.05) is 5.32 Å². The van der Waals surface area contributed by atoms with Gasteiger partial charge in [-0.2, -0.15) is 0 Å². The average Bonchev–Trinajstić information content (AvgIpc) is 2.81. The molecule has 1 aliphatic carbocycles. The van der Waals surface area contributed by atoms with Crippen molar-refractivity contribution in [3.63, 3.8) is 0 Å². The summed E-state index contributed by atoms with van der Waals surface area (Å²) in [4.78, 5) is 16.7. The van der Waals surface area contributed by atoms with Gasteiger partial charge in [-0.25, -0.2) is 4.98 Å². The summed E-state index contributed by atoms with van der Waals surface area (Å²) < 4.78 is 1.08. The van der Waals surface area contributed by atoms with Gasteiger partial charge in [-0.3, -0.25) is 4.79 Å². The van der Waals surface area contributed by atoms with Crippen LogP contribution < -0.4 is 11.1 Å². The van der Waals surface area contributed by atoms with E-state index in [2.05, 4.69) is 10.3 Å². The number of benzene rings is 1. The lowest BCUT2D eigenvalue weighted by molar-refractivity contribution is -0.122. The average molecular weight is 312 g/mol. The van der Waals surface area contributed by atoms with Crippen LogP contribution in [0.4, 0.5) is 5.13 Å². The zero-order valence-electron chi connectivity index (χ0n) is 11.1. The van der Waals surface area contributed by atoms with E-state index in [-0.39, 0.29) is 18.3 Å². The second-order valence-corrected chi connectivity index (χ2v) is 6.19. The minimum Gasteiger partial charge on any atom is -0.317 e. The van der Waals surface area contributed by atoms with Crippen LogP contribution in [0.25, 0.3) is 10.2 Å². The lowest BCUT2D eigenvalue weighted by Gasteiger charge is -2.31. The highest BCUT2D eigenvalue weighted by molar-refractivity contribution is 7.22. The molecule has 1 aromatic heterocycles. The van der Waals surface area contributed by atoms with Crippen LogP contribution in [0.3, 0.4) is 0 Å². The molecule has 108 valence electrons. The normalized spacial score (nSPS) is 17.4. The first-order valence-corrected chi connectivity index (χ1v) is 7.45. The van der Waals surface area contributed by atoms with Gasteiger partial charge in [0.05, 0.1) is 15.8 Å². The van der Waals surface area contributed by atoms with Crippen molar-refractivity contribution in [2.45, 2.75) is 37.6 Å². The van der Waals surface area contributed by atoms with Gasteiger partial charge in [-0.15, -0.1) is 12.4 Å². The molecule has 1 amide bonds. The molecule has 0 unspecified atom stereocenters. The van der Waals surface area contributed by atoms with E-state index in [0.29, 0.717) is 5.13 Å². The molecule has 0 atom stereocenters. The molecule has 0 aliphatic heterocycles. The molecule has 4 nitrogen and oxygen atoms in total. The fourth-order valence-electron chi connectivity index (χ4n) is 2.56. The molecule has 1 aliphatic rings. The molecule has 20 heavy (non-hydrogen) atoms. The summed E-state index contributed by atoms with van der Waals surface area (Å²) in [7, 11) is 0. The molecule has 0 saturated heterocycles. The van der Waals surface area contributed by atoms with Crippen molar-refractivity contribution in [3.05, 3.63) is 24.3 Å². The number of carbonyl (C=O) groups excluding carboxylic acids is 1. The molecule has 1 aromatic carbocycles. The third kappa shape index (κ3) is 2.95. The van der Waals surface area contributed by atoms with Gasteiger partial charge in [-0.05, 0) is 25.0 Å². The van der Waals surface area contributed by atoms with Crippen molar-refractivity contribution < 1.29 is 4.79 Å². The molecule has 0 spiro atoms. The van der Waals surface area contributed by atoms with Gasteiger partial charge in [0.1, 0.15) is 0 Å². The summed E-state index contributed by atoms with van der Waals surface area (Å²) in [5.74, 6) is -0.0914. The first-order chi connectivity index (χ1) is 9.17. The molecular formula is C14H18ClN3OS. The number of para-hydroxylation sites is 1. The van der Waals surface area contributed by atoms with Crippen LogP contribution in [-0.2, 0) is 4.79 Å².